The number of hydrogen-bond acceptors (Lipinski definition) is 2. The van der Waals surface area contributed by atoms with Crippen LogP contribution in [-0.4, -0.2) is 11.4 Å². The number of hydrogen-bond donors (Lipinski definition) is 0. The minimum Gasteiger partial charge on any atom is -0.489 e. The lowest BCUT2D eigenvalue weighted by atomic mass is 10.0. The van der Waals surface area contributed by atoms with E-state index in [0.717, 1.165) is 35.0 Å². The highest BCUT2D eigenvalue weighted by atomic mass is 79.9. The van der Waals surface area contributed by atoms with E-state index in [-0.39, 0.29) is 6.10 Å². The van der Waals surface area contributed by atoms with Gasteiger partial charge in [0.1, 0.15) is 24.2 Å². The fourth-order valence-electron chi connectivity index (χ4n) is 2.39. The van der Waals surface area contributed by atoms with E-state index < -0.39 is 0 Å². The summed E-state index contributed by atoms with van der Waals surface area (Å²) in [5, 5.41) is 1.49. The Hall–Kier alpha value is -1.19. The molecule has 0 saturated carbocycles. The van der Waals surface area contributed by atoms with Crippen molar-refractivity contribution in [2.75, 3.05) is 5.33 Å². The zero-order chi connectivity index (χ0) is 14.7. The molecule has 2 aromatic carbocycles. The summed E-state index contributed by atoms with van der Waals surface area (Å²) in [6.07, 6.45) is 2.23. The molecule has 1 unspecified atom stereocenters. The van der Waals surface area contributed by atoms with Crippen LogP contribution in [0.3, 0.4) is 0 Å². The third kappa shape index (κ3) is 3.53. The highest BCUT2D eigenvalue weighted by Crippen LogP contribution is 2.37. The Morgan fingerprint density at radius 1 is 1.24 bits per heavy atom. The van der Waals surface area contributed by atoms with Crippen molar-refractivity contribution in [1.82, 2.24) is 0 Å². The zero-order valence-corrected chi connectivity index (χ0v) is 13.9. The monoisotopic (exact) mass is 366 g/mol. The van der Waals surface area contributed by atoms with Crippen LogP contribution < -0.4 is 9.47 Å². The summed E-state index contributed by atoms with van der Waals surface area (Å²) >= 11 is 9.78. The fraction of sp³-hybridized carbons (Fsp3) is 0.294. The average molecular weight is 368 g/mol. The van der Waals surface area contributed by atoms with Gasteiger partial charge in [-0.05, 0) is 30.0 Å². The molecule has 21 heavy (non-hydrogen) atoms. The van der Waals surface area contributed by atoms with Gasteiger partial charge in [-0.1, -0.05) is 57.9 Å². The first-order valence-electron chi connectivity index (χ1n) is 6.98. The second-order valence-corrected chi connectivity index (χ2v) is 6.15. The van der Waals surface area contributed by atoms with E-state index in [0.29, 0.717) is 17.4 Å². The van der Waals surface area contributed by atoms with Gasteiger partial charge in [0.15, 0.2) is 0 Å². The van der Waals surface area contributed by atoms with Crippen molar-refractivity contribution >= 4 is 27.5 Å². The van der Waals surface area contributed by atoms with E-state index >= 15 is 0 Å². The van der Waals surface area contributed by atoms with Crippen LogP contribution in [0, 0.1) is 0 Å². The fourth-order valence-corrected chi connectivity index (χ4v) is 3.09. The van der Waals surface area contributed by atoms with Gasteiger partial charge in [0.25, 0.3) is 0 Å². The van der Waals surface area contributed by atoms with Gasteiger partial charge in [-0.3, -0.25) is 0 Å². The predicted molar refractivity (Wildman–Crippen MR) is 88.8 cm³/mol. The minimum absolute atomic E-state index is 0.223. The molecule has 0 bridgehead atoms. The van der Waals surface area contributed by atoms with Crippen molar-refractivity contribution in [3.8, 4) is 11.5 Å². The zero-order valence-electron chi connectivity index (χ0n) is 11.5. The van der Waals surface area contributed by atoms with Crippen LogP contribution in [0.15, 0.2) is 42.5 Å². The highest BCUT2D eigenvalue weighted by Gasteiger charge is 2.21. The second-order valence-electron chi connectivity index (χ2n) is 5.10. The van der Waals surface area contributed by atoms with Gasteiger partial charge in [0.2, 0.25) is 0 Å². The maximum Gasteiger partial charge on any atom is 0.142 e. The maximum absolute atomic E-state index is 6.31. The summed E-state index contributed by atoms with van der Waals surface area (Å²) in [6, 6.07) is 13.9. The number of alkyl halides is 1. The minimum atomic E-state index is 0.223. The molecule has 0 aromatic heterocycles. The molecule has 0 amide bonds. The molecule has 0 fully saturated rings. The van der Waals surface area contributed by atoms with Crippen LogP contribution in [0.2, 0.25) is 5.02 Å². The average Bonchev–Trinajstić information content (AvgIpc) is 2.53. The molecular formula is C17H16BrClO2. The molecule has 0 radical (unpaired) electrons. The molecule has 4 heteroatoms. The first kappa shape index (κ1) is 14.7. The van der Waals surface area contributed by atoms with Crippen molar-refractivity contribution in [1.29, 1.82) is 0 Å². The number of benzene rings is 2. The molecule has 3 rings (SSSR count). The Kier molecular flexibility index (Phi) is 4.71. The lowest BCUT2D eigenvalue weighted by Crippen LogP contribution is -2.23. The number of aryl methyl sites for hydroxylation is 1. The SMILES string of the molecule is Clc1cc2c(cc1OCc1ccccc1)OC(CBr)CC2. The Bertz CT molecular complexity index is 616. The number of halogens is 2. The predicted octanol–water partition coefficient (Wildman–Crippen LogP) is 5.01. The summed E-state index contributed by atoms with van der Waals surface area (Å²) < 4.78 is 11.8. The van der Waals surface area contributed by atoms with Crippen molar-refractivity contribution in [2.45, 2.75) is 25.6 Å². The molecule has 1 atom stereocenters. The van der Waals surface area contributed by atoms with E-state index in [9.17, 15) is 0 Å². The second kappa shape index (κ2) is 6.71. The molecule has 0 N–H and O–H groups in total. The first-order valence-corrected chi connectivity index (χ1v) is 8.48. The van der Waals surface area contributed by atoms with Crippen LogP contribution in [0.1, 0.15) is 17.5 Å². The smallest absolute Gasteiger partial charge is 0.142 e. The van der Waals surface area contributed by atoms with E-state index in [1.54, 1.807) is 0 Å². The summed E-state index contributed by atoms with van der Waals surface area (Å²) in [5.41, 5.74) is 2.27. The van der Waals surface area contributed by atoms with Crippen LogP contribution >= 0.6 is 27.5 Å². The summed E-state index contributed by atoms with van der Waals surface area (Å²) in [4.78, 5) is 0. The van der Waals surface area contributed by atoms with E-state index in [1.165, 1.54) is 0 Å². The Morgan fingerprint density at radius 2 is 2.05 bits per heavy atom. The summed E-state index contributed by atoms with van der Waals surface area (Å²) in [7, 11) is 0. The van der Waals surface area contributed by atoms with Crippen LogP contribution in [0.5, 0.6) is 11.5 Å². The van der Waals surface area contributed by atoms with Gasteiger partial charge in [-0.25, -0.2) is 0 Å². The third-order valence-electron chi connectivity index (χ3n) is 3.55. The van der Waals surface area contributed by atoms with Gasteiger partial charge in [-0.15, -0.1) is 0 Å². The van der Waals surface area contributed by atoms with Gasteiger partial charge in [-0.2, -0.15) is 0 Å². The third-order valence-corrected chi connectivity index (χ3v) is 4.57. The van der Waals surface area contributed by atoms with Crippen molar-refractivity contribution in [3.63, 3.8) is 0 Å². The molecule has 110 valence electrons. The molecule has 1 aliphatic rings. The molecule has 2 nitrogen and oxygen atoms in total. The maximum atomic E-state index is 6.31. The standard InChI is InChI=1S/C17H16BrClO2/c18-10-14-7-6-13-8-15(19)17(9-16(13)21-14)20-11-12-4-2-1-3-5-12/h1-5,8-9,14H,6-7,10-11H2. The summed E-state index contributed by atoms with van der Waals surface area (Å²) in [6.45, 7) is 0.501. The first-order chi connectivity index (χ1) is 10.3. The van der Waals surface area contributed by atoms with Crippen molar-refractivity contribution < 1.29 is 9.47 Å². The van der Waals surface area contributed by atoms with Gasteiger partial charge in [0, 0.05) is 11.4 Å². The largest absolute Gasteiger partial charge is 0.489 e. The Balaban J connectivity index is 1.76. The highest BCUT2D eigenvalue weighted by molar-refractivity contribution is 9.09. The molecule has 2 aromatic rings. The van der Waals surface area contributed by atoms with E-state index in [1.807, 2.05) is 42.5 Å². The normalized spacial score (nSPS) is 17.0. The van der Waals surface area contributed by atoms with Gasteiger partial charge in [0.05, 0.1) is 5.02 Å². The number of fused-ring (bicyclic) bond motifs is 1. The number of ether oxygens (including phenoxy) is 2. The Labute approximate surface area is 138 Å². The van der Waals surface area contributed by atoms with Gasteiger partial charge >= 0.3 is 0 Å². The molecule has 1 aliphatic heterocycles. The van der Waals surface area contributed by atoms with E-state index in [2.05, 4.69) is 15.9 Å². The molecule has 0 aliphatic carbocycles. The molecule has 0 spiro atoms. The lowest BCUT2D eigenvalue weighted by molar-refractivity contribution is 0.196. The number of rotatable bonds is 4. The van der Waals surface area contributed by atoms with Crippen molar-refractivity contribution in [3.05, 3.63) is 58.6 Å². The molecule has 0 saturated heterocycles. The van der Waals surface area contributed by atoms with Gasteiger partial charge < -0.3 is 9.47 Å². The Morgan fingerprint density at radius 3 is 2.81 bits per heavy atom. The summed E-state index contributed by atoms with van der Waals surface area (Å²) in [5.74, 6) is 1.56. The van der Waals surface area contributed by atoms with Crippen LogP contribution in [0.25, 0.3) is 0 Å². The van der Waals surface area contributed by atoms with Crippen LogP contribution in [-0.2, 0) is 13.0 Å². The van der Waals surface area contributed by atoms with E-state index in [4.69, 9.17) is 21.1 Å². The van der Waals surface area contributed by atoms with Crippen molar-refractivity contribution in [2.24, 2.45) is 0 Å². The quantitative estimate of drug-likeness (QED) is 0.707. The molecular weight excluding hydrogens is 352 g/mol. The van der Waals surface area contributed by atoms with Crippen LogP contribution in [0.4, 0.5) is 0 Å². The molecule has 1 heterocycles. The lowest BCUT2D eigenvalue weighted by Gasteiger charge is -2.25. The topological polar surface area (TPSA) is 18.5 Å².